The zero-order valence-electron chi connectivity index (χ0n) is 8.81. The molecule has 2 aliphatic rings. The van der Waals surface area contributed by atoms with Gasteiger partial charge >= 0.3 is 5.97 Å². The SMILES string of the molecule is C[C@H](NN1CCC2CC=CC=C21)C(=O)O. The Morgan fingerprint density at radius 1 is 1.73 bits per heavy atom. The summed E-state index contributed by atoms with van der Waals surface area (Å²) in [5.74, 6) is -0.242. The number of hydrazine groups is 1. The van der Waals surface area contributed by atoms with Crippen molar-refractivity contribution in [1.82, 2.24) is 10.4 Å². The maximum atomic E-state index is 10.7. The van der Waals surface area contributed by atoms with Gasteiger partial charge < -0.3 is 10.1 Å². The first-order chi connectivity index (χ1) is 7.18. The van der Waals surface area contributed by atoms with E-state index in [1.807, 2.05) is 11.1 Å². The first-order valence-corrected chi connectivity index (χ1v) is 5.31. The molecule has 0 amide bonds. The topological polar surface area (TPSA) is 52.6 Å². The summed E-state index contributed by atoms with van der Waals surface area (Å²) >= 11 is 0. The number of aliphatic carboxylic acids is 1. The molecule has 0 aromatic heterocycles. The number of carboxylic acids is 1. The van der Waals surface area contributed by atoms with Crippen molar-refractivity contribution in [2.45, 2.75) is 25.8 Å². The number of hydrogen-bond donors (Lipinski definition) is 2. The first-order valence-electron chi connectivity index (χ1n) is 5.31. The standard InChI is InChI=1S/C11H16N2O2/c1-8(11(14)15)12-13-7-6-9-4-2-3-5-10(9)13/h2-3,5,8-9,12H,4,6-7H2,1H3,(H,14,15)/t8-,9?/m0/s1. The summed E-state index contributed by atoms with van der Waals surface area (Å²) in [7, 11) is 0. The molecule has 1 saturated heterocycles. The normalized spacial score (nSPS) is 26.1. The molecule has 2 atom stereocenters. The van der Waals surface area contributed by atoms with E-state index in [1.165, 1.54) is 5.70 Å². The van der Waals surface area contributed by atoms with Crippen molar-refractivity contribution in [3.8, 4) is 0 Å². The van der Waals surface area contributed by atoms with Gasteiger partial charge in [-0.1, -0.05) is 12.2 Å². The van der Waals surface area contributed by atoms with Gasteiger partial charge in [-0.15, -0.1) is 0 Å². The van der Waals surface area contributed by atoms with Crippen LogP contribution in [-0.2, 0) is 4.79 Å². The number of nitrogens with zero attached hydrogens (tertiary/aromatic N) is 1. The van der Waals surface area contributed by atoms with Crippen molar-refractivity contribution >= 4 is 5.97 Å². The third-order valence-corrected chi connectivity index (χ3v) is 2.97. The molecule has 0 spiro atoms. The molecule has 1 aliphatic carbocycles. The molecule has 1 aliphatic heterocycles. The predicted octanol–water partition coefficient (Wildman–Crippen LogP) is 1.13. The molecule has 82 valence electrons. The number of fused-ring (bicyclic) bond motifs is 1. The Morgan fingerprint density at radius 3 is 3.27 bits per heavy atom. The van der Waals surface area contributed by atoms with Gasteiger partial charge in [0.25, 0.3) is 0 Å². The Bertz CT molecular complexity index is 323. The number of rotatable bonds is 3. The molecule has 1 heterocycles. The molecule has 15 heavy (non-hydrogen) atoms. The number of allylic oxidation sites excluding steroid dienone is 4. The maximum absolute atomic E-state index is 10.7. The summed E-state index contributed by atoms with van der Waals surface area (Å²) in [4.78, 5) is 10.7. The lowest BCUT2D eigenvalue weighted by Gasteiger charge is -2.26. The van der Waals surface area contributed by atoms with Crippen LogP contribution in [0, 0.1) is 5.92 Å². The molecule has 4 heteroatoms. The molecule has 1 unspecified atom stereocenters. The van der Waals surface area contributed by atoms with Crippen molar-refractivity contribution in [3.05, 3.63) is 23.9 Å². The lowest BCUT2D eigenvalue weighted by atomic mass is 9.97. The zero-order chi connectivity index (χ0) is 10.8. The Hall–Kier alpha value is -1.29. The molecular formula is C11H16N2O2. The van der Waals surface area contributed by atoms with Crippen molar-refractivity contribution < 1.29 is 9.90 Å². The molecule has 4 nitrogen and oxygen atoms in total. The fraction of sp³-hybridized carbons (Fsp3) is 0.545. The molecular weight excluding hydrogens is 192 g/mol. The molecule has 1 fully saturated rings. The van der Waals surface area contributed by atoms with Crippen molar-refractivity contribution in [3.63, 3.8) is 0 Å². The van der Waals surface area contributed by atoms with Crippen LogP contribution in [0.25, 0.3) is 0 Å². The van der Waals surface area contributed by atoms with E-state index < -0.39 is 12.0 Å². The highest BCUT2D eigenvalue weighted by molar-refractivity contribution is 5.72. The Balaban J connectivity index is 2.02. The second-order valence-electron chi connectivity index (χ2n) is 4.08. The van der Waals surface area contributed by atoms with Crippen LogP contribution in [0.4, 0.5) is 0 Å². The minimum atomic E-state index is -0.814. The van der Waals surface area contributed by atoms with Gasteiger partial charge in [0, 0.05) is 18.2 Å². The Morgan fingerprint density at radius 2 is 2.53 bits per heavy atom. The van der Waals surface area contributed by atoms with Gasteiger partial charge in [0.05, 0.1) is 0 Å². The highest BCUT2D eigenvalue weighted by atomic mass is 16.4. The van der Waals surface area contributed by atoms with Crippen LogP contribution >= 0.6 is 0 Å². The quantitative estimate of drug-likeness (QED) is 0.730. The maximum Gasteiger partial charge on any atom is 0.322 e. The van der Waals surface area contributed by atoms with Crippen molar-refractivity contribution in [2.24, 2.45) is 5.92 Å². The fourth-order valence-corrected chi connectivity index (χ4v) is 2.08. The highest BCUT2D eigenvalue weighted by Gasteiger charge is 2.29. The van der Waals surface area contributed by atoms with E-state index in [2.05, 4.69) is 17.6 Å². The van der Waals surface area contributed by atoms with Crippen LogP contribution in [0.15, 0.2) is 23.9 Å². The van der Waals surface area contributed by atoms with Gasteiger partial charge in [-0.3, -0.25) is 4.79 Å². The largest absolute Gasteiger partial charge is 0.480 e. The Kier molecular flexibility index (Phi) is 2.77. The smallest absolute Gasteiger partial charge is 0.322 e. The van der Waals surface area contributed by atoms with Gasteiger partial charge in [0.1, 0.15) is 6.04 Å². The number of hydrogen-bond acceptors (Lipinski definition) is 3. The minimum absolute atomic E-state index is 0.532. The molecule has 0 radical (unpaired) electrons. The van der Waals surface area contributed by atoms with Crippen molar-refractivity contribution in [2.75, 3.05) is 6.54 Å². The van der Waals surface area contributed by atoms with E-state index in [-0.39, 0.29) is 0 Å². The molecule has 0 aromatic rings. The summed E-state index contributed by atoms with van der Waals surface area (Å²) in [5, 5.41) is 10.8. The summed E-state index contributed by atoms with van der Waals surface area (Å²) in [6.07, 6.45) is 8.46. The van der Waals surface area contributed by atoms with Gasteiger partial charge in [-0.05, 0) is 25.8 Å². The van der Waals surface area contributed by atoms with Gasteiger partial charge in [0.2, 0.25) is 0 Å². The zero-order valence-corrected chi connectivity index (χ0v) is 8.81. The number of nitrogens with one attached hydrogen (secondary N) is 1. The summed E-state index contributed by atoms with van der Waals surface area (Å²) < 4.78 is 0. The molecule has 0 bridgehead atoms. The van der Waals surface area contributed by atoms with E-state index in [1.54, 1.807) is 6.92 Å². The number of carboxylic acid groups (broad SMARTS) is 1. The van der Waals surface area contributed by atoms with E-state index >= 15 is 0 Å². The van der Waals surface area contributed by atoms with Crippen LogP contribution in [0.2, 0.25) is 0 Å². The van der Waals surface area contributed by atoms with Gasteiger partial charge in [0.15, 0.2) is 0 Å². The monoisotopic (exact) mass is 208 g/mol. The molecule has 0 aromatic carbocycles. The average Bonchev–Trinajstić information content (AvgIpc) is 2.62. The third-order valence-electron chi connectivity index (χ3n) is 2.97. The lowest BCUT2D eigenvalue weighted by Crippen LogP contribution is -2.45. The summed E-state index contributed by atoms with van der Waals surface area (Å²) in [6, 6.07) is -0.532. The van der Waals surface area contributed by atoms with E-state index in [0.29, 0.717) is 5.92 Å². The third kappa shape index (κ3) is 2.04. The van der Waals surface area contributed by atoms with E-state index in [4.69, 9.17) is 5.11 Å². The summed E-state index contributed by atoms with van der Waals surface area (Å²) in [5.41, 5.74) is 4.24. The fourth-order valence-electron chi connectivity index (χ4n) is 2.08. The van der Waals surface area contributed by atoms with Crippen molar-refractivity contribution in [1.29, 1.82) is 0 Å². The predicted molar refractivity (Wildman–Crippen MR) is 56.9 cm³/mol. The average molecular weight is 208 g/mol. The van der Waals surface area contributed by atoms with E-state index in [9.17, 15) is 4.79 Å². The highest BCUT2D eigenvalue weighted by Crippen LogP contribution is 2.32. The Labute approximate surface area is 89.2 Å². The summed E-state index contributed by atoms with van der Waals surface area (Å²) in [6.45, 7) is 2.56. The second-order valence-corrected chi connectivity index (χ2v) is 4.08. The van der Waals surface area contributed by atoms with Crippen LogP contribution < -0.4 is 5.43 Å². The van der Waals surface area contributed by atoms with Crippen LogP contribution in [0.5, 0.6) is 0 Å². The minimum Gasteiger partial charge on any atom is -0.480 e. The first kappa shape index (κ1) is 10.2. The molecule has 2 N–H and O–H groups in total. The lowest BCUT2D eigenvalue weighted by molar-refractivity contribution is -0.140. The second kappa shape index (κ2) is 4.06. The number of carbonyl (C=O) groups is 1. The van der Waals surface area contributed by atoms with E-state index in [0.717, 1.165) is 19.4 Å². The van der Waals surface area contributed by atoms with Crippen LogP contribution in [0.3, 0.4) is 0 Å². The van der Waals surface area contributed by atoms with Gasteiger partial charge in [-0.2, -0.15) is 0 Å². The van der Waals surface area contributed by atoms with Crippen LogP contribution in [-0.4, -0.2) is 28.7 Å². The van der Waals surface area contributed by atoms with Crippen LogP contribution in [0.1, 0.15) is 19.8 Å². The molecule has 2 rings (SSSR count). The molecule has 0 saturated carbocycles. The van der Waals surface area contributed by atoms with Gasteiger partial charge in [-0.25, -0.2) is 5.43 Å².